The molecular weight excluding hydrogens is 1180 g/mol. The van der Waals surface area contributed by atoms with E-state index < -0.39 is 10.8 Å². The van der Waals surface area contributed by atoms with Crippen LogP contribution in [0, 0.1) is 11.6 Å². The Labute approximate surface area is 557 Å². The molecule has 0 N–H and O–H groups in total. The van der Waals surface area contributed by atoms with Gasteiger partial charge in [0, 0.05) is 34.1 Å². The van der Waals surface area contributed by atoms with Crippen LogP contribution in [-0.2, 0) is 36.5 Å². The summed E-state index contributed by atoms with van der Waals surface area (Å²) in [5, 5.41) is 0. The second kappa shape index (κ2) is 23.0. The first-order valence-electron chi connectivity index (χ1n) is 33.1. The molecule has 4 aliphatic rings. The van der Waals surface area contributed by atoms with Crippen LogP contribution >= 0.6 is 0 Å². The fourth-order valence-corrected chi connectivity index (χ4v) is 15.7. The Morgan fingerprint density at radius 1 is 0.240 bits per heavy atom. The average molecular weight is 1240 g/mol. The van der Waals surface area contributed by atoms with Crippen LogP contribution in [0.1, 0.15) is 66.8 Å². The smallest absolute Gasteiger partial charge is 0.127 e. The number of nitrogens with zero attached hydrogens (tertiary/aromatic N) is 2. The molecule has 0 bridgehead atoms. The molecule has 2 atom stereocenters. The summed E-state index contributed by atoms with van der Waals surface area (Å²) >= 11 is 0. The summed E-state index contributed by atoms with van der Waals surface area (Å²) in [6, 6.07) is 114. The topological polar surface area (TPSA) is 24.9 Å². The van der Waals surface area contributed by atoms with Crippen molar-refractivity contribution in [3.05, 3.63) is 406 Å². The molecule has 14 aromatic rings. The van der Waals surface area contributed by atoms with Crippen LogP contribution in [0.3, 0.4) is 0 Å². The van der Waals surface area contributed by atoms with Crippen LogP contribution in [0.15, 0.2) is 328 Å². The summed E-state index contributed by atoms with van der Waals surface area (Å²) in [6.07, 6.45) is 4.43. The molecule has 0 amide bonds. The van der Waals surface area contributed by atoms with Crippen molar-refractivity contribution in [3.63, 3.8) is 0 Å². The third-order valence-corrected chi connectivity index (χ3v) is 20.5. The van der Waals surface area contributed by atoms with Crippen molar-refractivity contribution in [2.24, 2.45) is 0 Å². The highest BCUT2D eigenvalue weighted by molar-refractivity contribution is 5.92. The van der Waals surface area contributed by atoms with E-state index in [2.05, 4.69) is 289 Å². The molecule has 0 aliphatic heterocycles. The van der Waals surface area contributed by atoms with Gasteiger partial charge in [0.15, 0.2) is 0 Å². The molecule has 458 valence electrons. The molecule has 18 rings (SSSR count). The zero-order chi connectivity index (χ0) is 63.9. The molecule has 6 heteroatoms. The van der Waals surface area contributed by atoms with Gasteiger partial charge in [-0.15, -0.1) is 0 Å². The second-order valence-corrected chi connectivity index (χ2v) is 25.6. The van der Waals surface area contributed by atoms with Crippen molar-refractivity contribution in [3.8, 4) is 56.4 Å². The van der Waals surface area contributed by atoms with Gasteiger partial charge in [0.25, 0.3) is 0 Å². The molecule has 0 aromatic heterocycles. The number of benzene rings is 14. The highest BCUT2D eigenvalue weighted by atomic mass is 19.1. The third kappa shape index (κ3) is 9.38. The van der Waals surface area contributed by atoms with Gasteiger partial charge in [-0.1, -0.05) is 182 Å². The maximum atomic E-state index is 15.0. The fraction of sp³-hybridized carbons (Fsp3) is 0.0667. The Morgan fingerprint density at radius 3 is 0.917 bits per heavy atom. The quantitative estimate of drug-likeness (QED) is 0.102. The number of fused-ring (bicyclic) bond motifs is 8. The number of rotatable bonds is 15. The first-order chi connectivity index (χ1) is 47.3. The lowest BCUT2D eigenvalue weighted by atomic mass is 9.67. The molecule has 4 nitrogen and oxygen atoms in total. The summed E-state index contributed by atoms with van der Waals surface area (Å²) in [7, 11) is 0. The first kappa shape index (κ1) is 56.9. The minimum Gasteiger partial charge on any atom is -0.457 e. The van der Waals surface area contributed by atoms with E-state index in [9.17, 15) is 8.78 Å². The Balaban J connectivity index is 0.701. The Morgan fingerprint density at radius 2 is 0.552 bits per heavy atom. The summed E-state index contributed by atoms with van der Waals surface area (Å²) in [4.78, 5) is 4.44. The van der Waals surface area contributed by atoms with E-state index in [1.54, 1.807) is 0 Å². The molecule has 4 aliphatic carbocycles. The van der Waals surface area contributed by atoms with E-state index in [0.29, 0.717) is 0 Å². The van der Waals surface area contributed by atoms with Crippen LogP contribution in [0.2, 0.25) is 0 Å². The molecule has 0 radical (unpaired) electrons. The number of anilines is 6. The molecule has 2 unspecified atom stereocenters. The van der Waals surface area contributed by atoms with E-state index in [-0.39, 0.29) is 11.6 Å². The van der Waals surface area contributed by atoms with Crippen LogP contribution in [0.4, 0.5) is 42.9 Å². The Kier molecular flexibility index (Phi) is 13.6. The van der Waals surface area contributed by atoms with E-state index >= 15 is 0 Å². The highest BCUT2D eigenvalue weighted by Crippen LogP contribution is 2.60. The second-order valence-electron chi connectivity index (χ2n) is 25.6. The van der Waals surface area contributed by atoms with Crippen molar-refractivity contribution in [1.82, 2.24) is 0 Å². The zero-order valence-electron chi connectivity index (χ0n) is 52.5. The van der Waals surface area contributed by atoms with E-state index in [0.717, 1.165) is 138 Å². The summed E-state index contributed by atoms with van der Waals surface area (Å²) < 4.78 is 43.0. The molecule has 96 heavy (non-hydrogen) atoms. The van der Waals surface area contributed by atoms with Crippen LogP contribution in [0.25, 0.3) is 33.4 Å². The highest BCUT2D eigenvalue weighted by Gasteiger charge is 2.48. The number of hydrogen-bond acceptors (Lipinski definition) is 4. The number of aryl methyl sites for hydroxylation is 4. The van der Waals surface area contributed by atoms with Gasteiger partial charge < -0.3 is 19.3 Å². The Bertz CT molecular complexity index is 4960. The summed E-state index contributed by atoms with van der Waals surface area (Å²) in [5.41, 5.74) is 25.4. The lowest BCUT2D eigenvalue weighted by Crippen LogP contribution is -2.28. The van der Waals surface area contributed by atoms with Gasteiger partial charge in [-0.2, -0.15) is 0 Å². The fourth-order valence-electron chi connectivity index (χ4n) is 15.7. The lowest BCUT2D eigenvalue weighted by Gasteiger charge is -2.35. The van der Waals surface area contributed by atoms with Gasteiger partial charge in [0.05, 0.1) is 10.8 Å². The molecule has 0 saturated heterocycles. The summed E-state index contributed by atoms with van der Waals surface area (Å²) in [6.45, 7) is 0. The van der Waals surface area contributed by atoms with Crippen LogP contribution in [-0.4, -0.2) is 0 Å². The van der Waals surface area contributed by atoms with Gasteiger partial charge in [0.1, 0.15) is 34.6 Å². The average Bonchev–Trinajstić information content (AvgIpc) is 1.54. The van der Waals surface area contributed by atoms with E-state index in [1.807, 2.05) is 24.3 Å². The van der Waals surface area contributed by atoms with E-state index in [1.165, 1.54) is 68.8 Å². The standard InChI is InChI=1S/C90H62F2N2O2/c91-69-33-41-73(42-34-69)93(75-45-53-83-81-15-7-9-17-85(81)89(87(83)57-75,65-11-3-1-4-12-65)67-29-49-77(50-30-67)95-79-47-27-61-19-21-63(61)55-79)71-37-23-59(24-38-71)60-25-39-72(40-26-60)94(74-43-35-70(92)36-44-74)76-46-54-84-82-16-8-10-18-86(82)90(88(84)58-76,66-13-5-2-6-14-66)68-31-51-78(52-32-68)96-80-48-28-62-20-22-64(62)56-80/h1-18,23-58H,19-22H2. The maximum Gasteiger partial charge on any atom is 0.127 e. The van der Waals surface area contributed by atoms with Gasteiger partial charge in [-0.3, -0.25) is 0 Å². The van der Waals surface area contributed by atoms with Gasteiger partial charge in [0.2, 0.25) is 0 Å². The van der Waals surface area contributed by atoms with Crippen molar-refractivity contribution in [1.29, 1.82) is 0 Å². The largest absolute Gasteiger partial charge is 0.457 e. The predicted molar refractivity (Wildman–Crippen MR) is 384 cm³/mol. The van der Waals surface area contributed by atoms with Gasteiger partial charge in [-0.05, 0) is 271 Å². The minimum absolute atomic E-state index is 0.305. The molecule has 0 fully saturated rings. The Hall–Kier alpha value is -11.9. The lowest BCUT2D eigenvalue weighted by molar-refractivity contribution is 0.480. The molecular formula is C90H62F2N2O2. The monoisotopic (exact) mass is 1240 g/mol. The van der Waals surface area contributed by atoms with E-state index in [4.69, 9.17) is 9.47 Å². The first-order valence-corrected chi connectivity index (χ1v) is 33.1. The van der Waals surface area contributed by atoms with Crippen molar-refractivity contribution in [2.75, 3.05) is 9.80 Å². The van der Waals surface area contributed by atoms with Gasteiger partial charge >= 0.3 is 0 Å². The maximum absolute atomic E-state index is 15.0. The van der Waals surface area contributed by atoms with Crippen LogP contribution in [0.5, 0.6) is 23.0 Å². The van der Waals surface area contributed by atoms with Crippen LogP contribution < -0.4 is 19.3 Å². The number of halogens is 2. The SMILES string of the molecule is Fc1ccc(N(c2ccc(-c3ccc(N(c4ccc(F)cc4)c4ccc5c(c4)C(c4ccccc4)(c4ccc(Oc6ccc7c(c6)CC7)cc4)c4ccccc4-5)cc3)cc2)c2ccc3c(c2)C(c2ccccc2)(c2ccc(Oc4ccc5c(c4)CC5)cc2)c2ccccc2-3)cc1. The molecule has 14 aromatic carbocycles. The minimum atomic E-state index is -0.695. The third-order valence-electron chi connectivity index (χ3n) is 20.5. The van der Waals surface area contributed by atoms with Gasteiger partial charge in [-0.25, -0.2) is 8.78 Å². The van der Waals surface area contributed by atoms with Crippen molar-refractivity contribution >= 4 is 34.1 Å². The normalized spacial score (nSPS) is 15.7. The summed E-state index contributed by atoms with van der Waals surface area (Å²) in [5.74, 6) is 2.65. The molecule has 0 saturated carbocycles. The zero-order valence-corrected chi connectivity index (χ0v) is 52.5. The number of hydrogen-bond donors (Lipinski definition) is 0. The predicted octanol–water partition coefficient (Wildman–Crippen LogP) is 23.1. The molecule has 0 spiro atoms. The number of ether oxygens (including phenoxy) is 2. The molecule has 0 heterocycles. The van der Waals surface area contributed by atoms with Crippen molar-refractivity contribution < 1.29 is 18.3 Å². The van der Waals surface area contributed by atoms with Crippen molar-refractivity contribution in [2.45, 2.75) is 36.5 Å².